The zero-order valence-corrected chi connectivity index (χ0v) is 6.16. The summed E-state index contributed by atoms with van der Waals surface area (Å²) in [5.74, 6) is 0. The van der Waals surface area contributed by atoms with Crippen LogP contribution < -0.4 is 0 Å². The quantitative estimate of drug-likeness (QED) is 0.460. The molecule has 0 rings (SSSR count). The van der Waals surface area contributed by atoms with Gasteiger partial charge in [0, 0.05) is 0 Å². The van der Waals surface area contributed by atoms with Crippen molar-refractivity contribution >= 4 is 0 Å². The van der Waals surface area contributed by atoms with Crippen LogP contribution in [0.25, 0.3) is 0 Å². The molecule has 0 radical (unpaired) electrons. The van der Waals surface area contributed by atoms with Gasteiger partial charge in [0.25, 0.3) is 0 Å². The maximum absolute atomic E-state index is 0. The van der Waals surface area contributed by atoms with Crippen LogP contribution in [0.4, 0.5) is 0 Å². The third-order valence-corrected chi connectivity index (χ3v) is 0. The van der Waals surface area contributed by atoms with E-state index in [-0.39, 0.29) is 61.2 Å². The number of hydrogen-bond donors (Lipinski definition) is 0. The van der Waals surface area contributed by atoms with Crippen LogP contribution in [-0.2, 0) is 61.2 Å². The molecular weight excluding hydrogens is 442 g/mol. The maximum atomic E-state index is 0. The number of hydrogen-bond acceptors (Lipinski definition) is 0. The minimum atomic E-state index is 0. The Kier molecular flexibility index (Phi) is 1090. The fraction of sp³-hybridized carbons (Fsp3) is 0. The molecule has 0 saturated carbocycles. The SMILES string of the molecule is [Au+3].[Au+3].[O-2].[O-2].[O-2]. The zero-order valence-electron chi connectivity index (χ0n) is 1.83. The van der Waals surface area contributed by atoms with Crippen molar-refractivity contribution < 1.29 is 61.2 Å². The average molecular weight is 442 g/mol. The summed E-state index contributed by atoms with van der Waals surface area (Å²) < 4.78 is 0. The first-order valence-corrected chi connectivity index (χ1v) is 0. The smallest absolute Gasteiger partial charge is 2.00 e. The van der Waals surface area contributed by atoms with Crippen molar-refractivity contribution in [3.05, 3.63) is 0 Å². The first kappa shape index (κ1) is 98.7. The molecule has 0 aromatic heterocycles. The van der Waals surface area contributed by atoms with E-state index in [0.717, 1.165) is 0 Å². The Hall–Kier alpha value is 1.36. The second-order valence-corrected chi connectivity index (χ2v) is 0. The van der Waals surface area contributed by atoms with Gasteiger partial charge in [0.2, 0.25) is 0 Å². The van der Waals surface area contributed by atoms with Crippen molar-refractivity contribution in [2.75, 3.05) is 0 Å². The van der Waals surface area contributed by atoms with Crippen LogP contribution in [0.5, 0.6) is 0 Å². The molecule has 5 heavy (non-hydrogen) atoms. The van der Waals surface area contributed by atoms with Gasteiger partial charge < -0.3 is 16.4 Å². The predicted molar refractivity (Wildman–Crippen MR) is 2.06 cm³/mol. The van der Waals surface area contributed by atoms with Gasteiger partial charge in [-0.15, -0.1) is 0 Å². The molecule has 0 heterocycles. The van der Waals surface area contributed by atoms with Crippen LogP contribution in [0.3, 0.4) is 0 Å². The molecule has 0 spiro atoms. The van der Waals surface area contributed by atoms with Gasteiger partial charge in [0.15, 0.2) is 0 Å². The summed E-state index contributed by atoms with van der Waals surface area (Å²) in [5.41, 5.74) is 0. The van der Waals surface area contributed by atoms with E-state index >= 15 is 0 Å². The van der Waals surface area contributed by atoms with E-state index < -0.39 is 0 Å². The summed E-state index contributed by atoms with van der Waals surface area (Å²) in [6.45, 7) is 0. The molecule has 3 nitrogen and oxygen atoms in total. The molecule has 0 bridgehead atoms. The minimum Gasteiger partial charge on any atom is -2.00 e. The van der Waals surface area contributed by atoms with Crippen LogP contribution in [0.15, 0.2) is 0 Å². The molecule has 0 fully saturated rings. The topological polar surface area (TPSA) is 85.5 Å². The molecule has 0 aliphatic rings. The average Bonchev–Trinajstić information content (AvgIpc) is 0. The van der Waals surface area contributed by atoms with Crippen molar-refractivity contribution in [3.63, 3.8) is 0 Å². The Labute approximate surface area is 61.1 Å². The molecule has 0 aliphatic carbocycles. The van der Waals surface area contributed by atoms with Gasteiger partial charge in [0.05, 0.1) is 0 Å². The first-order chi connectivity index (χ1) is 0. The Balaban J connectivity index is 0. The predicted octanol–water partition coefficient (Wildman–Crippen LogP) is -0.361. The van der Waals surface area contributed by atoms with Gasteiger partial charge in [-0.2, -0.15) is 0 Å². The maximum Gasteiger partial charge on any atom is 3.00 e. The van der Waals surface area contributed by atoms with E-state index in [9.17, 15) is 0 Å². The molecule has 0 aromatic carbocycles. The van der Waals surface area contributed by atoms with E-state index in [2.05, 4.69) is 0 Å². The molecule has 0 atom stereocenters. The number of rotatable bonds is 0. The first-order valence-electron chi connectivity index (χ1n) is 0. The molecule has 0 unspecified atom stereocenters. The summed E-state index contributed by atoms with van der Waals surface area (Å²) in [6, 6.07) is 0. The van der Waals surface area contributed by atoms with Crippen LogP contribution in [0.1, 0.15) is 0 Å². The third kappa shape index (κ3) is 32.7. The van der Waals surface area contributed by atoms with Crippen LogP contribution in [0.2, 0.25) is 0 Å². The second-order valence-electron chi connectivity index (χ2n) is 0. The van der Waals surface area contributed by atoms with Crippen molar-refractivity contribution in [3.8, 4) is 0 Å². The Bertz CT molecular complexity index is 4.85. The van der Waals surface area contributed by atoms with E-state index in [0.29, 0.717) is 0 Å². The second kappa shape index (κ2) is 55.1. The summed E-state index contributed by atoms with van der Waals surface area (Å²) >= 11 is 0. The molecule has 0 aromatic rings. The standard InChI is InChI=1S/2Au.3O/q2*+3;3*-2. The summed E-state index contributed by atoms with van der Waals surface area (Å²) in [7, 11) is 0. The van der Waals surface area contributed by atoms with Gasteiger partial charge in [-0.05, 0) is 0 Å². The van der Waals surface area contributed by atoms with Gasteiger partial charge >= 0.3 is 44.8 Å². The molecular formula is Au2O3. The van der Waals surface area contributed by atoms with Crippen molar-refractivity contribution in [2.45, 2.75) is 0 Å². The monoisotopic (exact) mass is 442 g/mol. The normalized spacial score (nSPS) is 0. The van der Waals surface area contributed by atoms with E-state index in [1.807, 2.05) is 0 Å². The van der Waals surface area contributed by atoms with E-state index in [4.69, 9.17) is 0 Å². The van der Waals surface area contributed by atoms with Gasteiger partial charge in [-0.3, -0.25) is 0 Å². The Morgan fingerprint density at radius 2 is 0.400 bits per heavy atom. The zero-order chi connectivity index (χ0) is 0. The fourth-order valence-electron chi connectivity index (χ4n) is 0. The Morgan fingerprint density at radius 1 is 0.400 bits per heavy atom. The van der Waals surface area contributed by atoms with Crippen molar-refractivity contribution in [1.82, 2.24) is 0 Å². The largest absolute Gasteiger partial charge is 3.00 e. The molecule has 0 N–H and O–H groups in total. The van der Waals surface area contributed by atoms with E-state index in [1.165, 1.54) is 0 Å². The van der Waals surface area contributed by atoms with Gasteiger partial charge in [-0.25, -0.2) is 0 Å². The van der Waals surface area contributed by atoms with Gasteiger partial charge in [0.1, 0.15) is 0 Å². The summed E-state index contributed by atoms with van der Waals surface area (Å²) in [5, 5.41) is 0. The minimum absolute atomic E-state index is 0. The fourth-order valence-corrected chi connectivity index (χ4v) is 0. The molecule has 0 saturated heterocycles. The van der Waals surface area contributed by atoms with Crippen LogP contribution in [-0.4, -0.2) is 0 Å². The Morgan fingerprint density at radius 3 is 0.400 bits per heavy atom. The van der Waals surface area contributed by atoms with Crippen LogP contribution in [0, 0.1) is 0 Å². The van der Waals surface area contributed by atoms with Crippen molar-refractivity contribution in [2.24, 2.45) is 0 Å². The third-order valence-electron chi connectivity index (χ3n) is 0. The van der Waals surface area contributed by atoms with Crippen molar-refractivity contribution in [1.29, 1.82) is 0 Å². The summed E-state index contributed by atoms with van der Waals surface area (Å²) in [6.07, 6.45) is 0. The molecule has 0 aliphatic heterocycles. The molecule has 0 amide bonds. The van der Waals surface area contributed by atoms with Crippen LogP contribution >= 0.6 is 0 Å². The van der Waals surface area contributed by atoms with Gasteiger partial charge in [-0.1, -0.05) is 0 Å². The van der Waals surface area contributed by atoms with E-state index in [1.54, 1.807) is 0 Å². The molecule has 40 valence electrons. The molecule has 5 heteroatoms. The summed E-state index contributed by atoms with van der Waals surface area (Å²) in [4.78, 5) is 0.